The average molecular weight is 975 g/mol. The van der Waals surface area contributed by atoms with E-state index in [9.17, 15) is 51.9 Å². The van der Waals surface area contributed by atoms with Crippen molar-refractivity contribution in [3.05, 3.63) is 118 Å². The van der Waals surface area contributed by atoms with Gasteiger partial charge in [-0.05, 0) is 127 Å². The molecule has 4 N–H and O–H groups in total. The zero-order valence-electron chi connectivity index (χ0n) is 35.6. The highest BCUT2D eigenvalue weighted by Crippen LogP contribution is 2.51. The van der Waals surface area contributed by atoms with Crippen LogP contribution in [-0.4, -0.2) is 86.8 Å². The molecule has 0 saturated heterocycles. The molecule has 2 aliphatic heterocycles. The molecular formula is C45H50ClN2O12S4+. The van der Waals surface area contributed by atoms with Crippen LogP contribution in [0.25, 0.3) is 21.5 Å². The fourth-order valence-electron chi connectivity index (χ4n) is 9.42. The number of rotatable bonds is 15. The summed E-state index contributed by atoms with van der Waals surface area (Å²) in [6.45, 7) is 9.05. The van der Waals surface area contributed by atoms with E-state index in [2.05, 4.69) is 37.2 Å². The maximum absolute atomic E-state index is 12.0. The lowest BCUT2D eigenvalue weighted by atomic mass is 9.79. The van der Waals surface area contributed by atoms with Crippen LogP contribution in [-0.2, 0) is 51.3 Å². The van der Waals surface area contributed by atoms with Crippen LogP contribution in [0.5, 0.6) is 0 Å². The largest absolute Gasteiger partial charge is 0.344 e. The molecule has 1 aliphatic carbocycles. The van der Waals surface area contributed by atoms with Crippen molar-refractivity contribution < 1.29 is 56.5 Å². The monoisotopic (exact) mass is 973 g/mol. The molecule has 7 rings (SSSR count). The molecule has 0 saturated carbocycles. The summed E-state index contributed by atoms with van der Waals surface area (Å²) < 4.78 is 134. The molecule has 3 aliphatic rings. The number of fused-ring (bicyclic) bond motifs is 6. The van der Waals surface area contributed by atoms with Crippen LogP contribution in [0.2, 0.25) is 0 Å². The summed E-state index contributed by atoms with van der Waals surface area (Å²) in [7, 11) is -17.2. The van der Waals surface area contributed by atoms with Gasteiger partial charge in [-0.15, -0.1) is 0 Å². The number of anilines is 1. The van der Waals surface area contributed by atoms with Gasteiger partial charge in [-0.3, -0.25) is 18.2 Å². The molecule has 64 heavy (non-hydrogen) atoms. The summed E-state index contributed by atoms with van der Waals surface area (Å²) in [5.74, 6) is -0.758. The topological polar surface area (TPSA) is 224 Å². The quantitative estimate of drug-likeness (QED) is 0.0498. The molecule has 0 unspecified atom stereocenters. The Bertz CT molecular complexity index is 3240. The molecule has 0 fully saturated rings. The first-order chi connectivity index (χ1) is 29.7. The second-order valence-corrected chi connectivity index (χ2v) is 23.8. The molecule has 4 aromatic carbocycles. The van der Waals surface area contributed by atoms with E-state index in [4.69, 9.17) is 11.6 Å². The molecule has 0 aromatic heterocycles. The molecular weight excluding hydrogens is 924 g/mol. The third-order valence-electron chi connectivity index (χ3n) is 12.4. The third kappa shape index (κ3) is 9.66. The predicted molar refractivity (Wildman–Crippen MR) is 249 cm³/mol. The van der Waals surface area contributed by atoms with Gasteiger partial charge in [-0.1, -0.05) is 55.8 Å². The Hall–Kier alpha value is -4.24. The average Bonchev–Trinajstić information content (AvgIpc) is 3.73. The Kier molecular flexibility index (Phi) is 12.8. The van der Waals surface area contributed by atoms with E-state index >= 15 is 0 Å². The molecule has 0 spiro atoms. The standard InChI is InChI=1S/C45H49ClN2O12S4/c1-44(2)39(47(23-5-7-25-61(49,50)51)37-19-11-31-27-33(63(55,56)57)15-17-35(31)41(37)44)21-13-29-9-10-30(43(29)46)14-22-40-45(3,4)42-36-18-16-34(64(58,59)60)28-32(36)12-20-38(42)48(40)24-6-8-26-62(52,53)54/h11-22,27-28H,5-10,23-26H2,1-4H3,(H3-,49,50,51,52,53,54,55,56,57,58,59,60)/p+1. The maximum Gasteiger partial charge on any atom is 0.294 e. The predicted octanol–water partition coefficient (Wildman–Crippen LogP) is 8.65. The fraction of sp³-hybridized carbons (Fsp3) is 0.356. The van der Waals surface area contributed by atoms with E-state index in [0.29, 0.717) is 54.6 Å². The van der Waals surface area contributed by atoms with Crippen molar-refractivity contribution >= 4 is 90.7 Å². The summed E-state index contributed by atoms with van der Waals surface area (Å²) in [4.78, 5) is 1.66. The van der Waals surface area contributed by atoms with Crippen molar-refractivity contribution in [1.82, 2.24) is 0 Å². The van der Waals surface area contributed by atoms with E-state index in [1.165, 1.54) is 24.3 Å². The Morgan fingerprint density at radius 2 is 1.22 bits per heavy atom. The first-order valence-corrected chi connectivity index (χ1v) is 27.1. The molecule has 2 heterocycles. The molecule has 0 atom stereocenters. The van der Waals surface area contributed by atoms with Crippen molar-refractivity contribution in [2.75, 3.05) is 29.5 Å². The summed E-state index contributed by atoms with van der Waals surface area (Å²) in [5, 5.41) is 3.39. The Balaban J connectivity index is 1.25. The second-order valence-electron chi connectivity index (χ2n) is 17.5. The Morgan fingerprint density at radius 1 is 0.656 bits per heavy atom. The number of benzene rings is 4. The zero-order chi connectivity index (χ0) is 46.8. The van der Waals surface area contributed by atoms with Crippen LogP contribution in [0.1, 0.15) is 77.3 Å². The highest BCUT2D eigenvalue weighted by atomic mass is 35.5. The molecule has 0 radical (unpaired) electrons. The van der Waals surface area contributed by atoms with Gasteiger partial charge in [0.2, 0.25) is 5.69 Å². The maximum atomic E-state index is 12.0. The number of nitrogens with zero attached hydrogens (tertiary/aromatic N) is 2. The van der Waals surface area contributed by atoms with Gasteiger partial charge in [0.25, 0.3) is 40.5 Å². The van der Waals surface area contributed by atoms with Crippen LogP contribution in [0, 0.1) is 0 Å². The minimum atomic E-state index is -4.44. The second kappa shape index (κ2) is 17.2. The van der Waals surface area contributed by atoms with Gasteiger partial charge >= 0.3 is 0 Å². The van der Waals surface area contributed by atoms with Crippen LogP contribution in [0.15, 0.2) is 117 Å². The molecule has 4 aromatic rings. The van der Waals surface area contributed by atoms with Crippen molar-refractivity contribution in [1.29, 1.82) is 0 Å². The summed E-state index contributed by atoms with van der Waals surface area (Å²) in [5.41, 5.74) is 5.86. The van der Waals surface area contributed by atoms with Crippen LogP contribution in [0.4, 0.5) is 11.4 Å². The highest BCUT2D eigenvalue weighted by Gasteiger charge is 2.46. The zero-order valence-corrected chi connectivity index (χ0v) is 39.6. The van der Waals surface area contributed by atoms with Crippen molar-refractivity contribution in [2.45, 2.75) is 86.8 Å². The highest BCUT2D eigenvalue weighted by molar-refractivity contribution is 7.86. The van der Waals surface area contributed by atoms with Gasteiger partial charge in [-0.2, -0.15) is 38.2 Å². The van der Waals surface area contributed by atoms with E-state index < -0.39 is 51.3 Å². The van der Waals surface area contributed by atoms with Gasteiger partial charge in [0, 0.05) is 52.5 Å². The smallest absolute Gasteiger partial charge is 0.294 e. The van der Waals surface area contributed by atoms with E-state index in [1.807, 2.05) is 36.4 Å². The van der Waals surface area contributed by atoms with Crippen molar-refractivity contribution in [2.24, 2.45) is 0 Å². The lowest BCUT2D eigenvalue weighted by Gasteiger charge is -2.27. The van der Waals surface area contributed by atoms with E-state index in [-0.39, 0.29) is 34.1 Å². The number of hydrogen-bond acceptors (Lipinski definition) is 9. The minimum Gasteiger partial charge on any atom is -0.344 e. The van der Waals surface area contributed by atoms with Crippen LogP contribution >= 0.6 is 11.6 Å². The minimum absolute atomic E-state index is 0.223. The molecule has 14 nitrogen and oxygen atoms in total. The number of allylic oxidation sites excluding steroid dienone is 8. The Labute approximate surface area is 379 Å². The van der Waals surface area contributed by atoms with Crippen LogP contribution < -0.4 is 4.90 Å². The van der Waals surface area contributed by atoms with Gasteiger partial charge in [-0.25, -0.2) is 0 Å². The number of unbranched alkanes of at least 4 members (excludes halogenated alkanes) is 2. The molecule has 0 amide bonds. The molecule has 342 valence electrons. The van der Waals surface area contributed by atoms with E-state index in [0.717, 1.165) is 55.8 Å². The molecule has 0 bridgehead atoms. The third-order valence-corrected chi connectivity index (χ3v) is 16.2. The first kappa shape index (κ1) is 47.7. The first-order valence-electron chi connectivity index (χ1n) is 20.6. The molecule has 19 heteroatoms. The van der Waals surface area contributed by atoms with Crippen molar-refractivity contribution in [3.63, 3.8) is 0 Å². The van der Waals surface area contributed by atoms with Gasteiger partial charge in [0.15, 0.2) is 5.71 Å². The fourth-order valence-corrected chi connectivity index (χ4v) is 11.9. The van der Waals surface area contributed by atoms with Gasteiger partial charge < -0.3 is 4.90 Å². The van der Waals surface area contributed by atoms with Gasteiger partial charge in [0.05, 0.1) is 26.7 Å². The number of halogens is 1. The number of hydrogen-bond donors (Lipinski definition) is 4. The normalized spacial score (nSPS) is 19.0. The van der Waals surface area contributed by atoms with E-state index in [1.54, 1.807) is 24.3 Å². The lowest BCUT2D eigenvalue weighted by Crippen LogP contribution is -2.28. The van der Waals surface area contributed by atoms with Crippen molar-refractivity contribution in [3.8, 4) is 0 Å². The van der Waals surface area contributed by atoms with Gasteiger partial charge in [0.1, 0.15) is 6.54 Å². The summed E-state index contributed by atoms with van der Waals surface area (Å²) >= 11 is 7.15. The van der Waals surface area contributed by atoms with Crippen LogP contribution in [0.3, 0.4) is 0 Å². The summed E-state index contributed by atoms with van der Waals surface area (Å²) in [6.07, 6.45) is 10.6. The SMILES string of the molecule is CC1(C)C(/C=C/C2=C(Cl)C(=C\C=C3/N(CCCCS(=O)(=O)O)c4ccc5cc(S(=O)(=O)O)ccc5c4C3(C)C)/CC2)=[N+](CCCCS(=O)(=O)O)c2ccc3cc(S(=O)(=O)O)ccc3c21. The Morgan fingerprint density at radius 3 is 1.80 bits per heavy atom. The summed E-state index contributed by atoms with van der Waals surface area (Å²) in [6, 6.07) is 16.3. The lowest BCUT2D eigenvalue weighted by molar-refractivity contribution is -0.438.